The lowest BCUT2D eigenvalue weighted by molar-refractivity contribution is 0.1000. The monoisotopic (exact) mass is 277 g/mol. The van der Waals surface area contributed by atoms with E-state index in [1.807, 2.05) is 0 Å². The number of nitrogens with two attached hydrogens (primary N) is 1. The number of rotatable bonds is 4. The van der Waals surface area contributed by atoms with E-state index in [1.165, 1.54) is 12.1 Å². The molecule has 0 aliphatic rings. The first kappa shape index (κ1) is 13.8. The summed E-state index contributed by atoms with van der Waals surface area (Å²) in [5, 5.41) is 0. The van der Waals surface area contributed by atoms with Crippen LogP contribution in [-0.2, 0) is 9.05 Å². The van der Waals surface area contributed by atoms with Gasteiger partial charge in [0.2, 0.25) is 5.91 Å². The van der Waals surface area contributed by atoms with Gasteiger partial charge in [-0.1, -0.05) is 0 Å². The summed E-state index contributed by atoms with van der Waals surface area (Å²) in [7, 11) is 1.27. The average molecular weight is 278 g/mol. The van der Waals surface area contributed by atoms with Crippen molar-refractivity contribution < 1.29 is 17.9 Å². The molecule has 0 saturated carbocycles. The fourth-order valence-corrected chi connectivity index (χ4v) is 2.19. The van der Waals surface area contributed by atoms with Gasteiger partial charge in [0.15, 0.2) is 0 Å². The summed E-state index contributed by atoms with van der Waals surface area (Å²) < 4.78 is 28.0. The van der Waals surface area contributed by atoms with Gasteiger partial charge < -0.3 is 10.5 Å². The van der Waals surface area contributed by atoms with E-state index < -0.39 is 15.0 Å². The number of ether oxygens (including phenoxy) is 1. The van der Waals surface area contributed by atoms with Crippen molar-refractivity contribution in [3.8, 4) is 5.75 Å². The second kappa shape index (κ2) is 4.93. The van der Waals surface area contributed by atoms with E-state index in [9.17, 15) is 13.2 Å². The molecule has 1 amide bonds. The molecular weight excluding hydrogens is 266 g/mol. The Morgan fingerprint density at radius 1 is 1.41 bits per heavy atom. The van der Waals surface area contributed by atoms with Gasteiger partial charge in [-0.25, -0.2) is 8.42 Å². The molecule has 17 heavy (non-hydrogen) atoms. The molecule has 0 radical (unpaired) electrons. The Bertz CT molecular complexity index is 539. The molecule has 0 heterocycles. The predicted molar refractivity (Wildman–Crippen MR) is 63.8 cm³/mol. The minimum Gasteiger partial charge on any atom is -0.490 e. The number of hydrogen-bond acceptors (Lipinski definition) is 4. The number of hydrogen-bond donors (Lipinski definition) is 1. The Morgan fingerprint density at radius 2 is 2.00 bits per heavy atom. The predicted octanol–water partition coefficient (Wildman–Crippen LogP) is 1.50. The van der Waals surface area contributed by atoms with Gasteiger partial charge in [0, 0.05) is 16.2 Å². The number of primary amides is 1. The molecule has 0 aromatic heterocycles. The highest BCUT2D eigenvalue weighted by atomic mass is 35.7. The number of amides is 1. The summed E-state index contributed by atoms with van der Waals surface area (Å²) in [5.41, 5.74) is 5.12. The number of benzene rings is 1. The molecule has 94 valence electrons. The largest absolute Gasteiger partial charge is 0.490 e. The zero-order chi connectivity index (χ0) is 13.2. The second-order valence-corrected chi connectivity index (χ2v) is 6.16. The molecule has 1 aromatic carbocycles. The fraction of sp³-hybridized carbons (Fsp3) is 0.300. The molecule has 7 heteroatoms. The van der Waals surface area contributed by atoms with Crippen molar-refractivity contribution in [1.82, 2.24) is 0 Å². The third-order valence-corrected chi connectivity index (χ3v) is 3.20. The van der Waals surface area contributed by atoms with Crippen LogP contribution in [0.4, 0.5) is 0 Å². The van der Waals surface area contributed by atoms with Crippen LogP contribution in [0.1, 0.15) is 24.2 Å². The van der Waals surface area contributed by atoms with E-state index >= 15 is 0 Å². The van der Waals surface area contributed by atoms with E-state index in [0.717, 1.165) is 6.07 Å². The van der Waals surface area contributed by atoms with E-state index in [-0.39, 0.29) is 22.3 Å². The Labute approximate surface area is 104 Å². The first-order chi connectivity index (χ1) is 7.71. The van der Waals surface area contributed by atoms with Gasteiger partial charge in [-0.2, -0.15) is 0 Å². The maximum atomic E-state index is 11.3. The smallest absolute Gasteiger partial charge is 0.265 e. The summed E-state index contributed by atoms with van der Waals surface area (Å²) in [6, 6.07) is 3.84. The third kappa shape index (κ3) is 3.61. The maximum Gasteiger partial charge on any atom is 0.265 e. The van der Waals surface area contributed by atoms with Crippen LogP contribution >= 0.6 is 10.7 Å². The van der Waals surface area contributed by atoms with E-state index in [4.69, 9.17) is 21.2 Å². The molecule has 0 saturated heterocycles. The van der Waals surface area contributed by atoms with Crippen molar-refractivity contribution in [3.05, 3.63) is 23.8 Å². The Balaban J connectivity index is 3.37. The minimum absolute atomic E-state index is 0.0559. The molecule has 1 aromatic rings. The highest BCUT2D eigenvalue weighted by molar-refractivity contribution is 8.13. The van der Waals surface area contributed by atoms with Gasteiger partial charge in [0.05, 0.1) is 6.10 Å². The van der Waals surface area contributed by atoms with Crippen LogP contribution < -0.4 is 10.5 Å². The molecule has 0 aliphatic heterocycles. The van der Waals surface area contributed by atoms with Gasteiger partial charge >= 0.3 is 0 Å². The molecule has 1 rings (SSSR count). The molecule has 0 aliphatic carbocycles. The zero-order valence-electron chi connectivity index (χ0n) is 9.31. The lowest BCUT2D eigenvalue weighted by atomic mass is 10.2. The molecule has 0 unspecified atom stereocenters. The van der Waals surface area contributed by atoms with Gasteiger partial charge in [-0.15, -0.1) is 0 Å². The maximum absolute atomic E-state index is 11.3. The summed E-state index contributed by atoms with van der Waals surface area (Å²) in [4.78, 5) is 10.7. The number of carbonyl (C=O) groups is 1. The molecule has 0 fully saturated rings. The van der Waals surface area contributed by atoms with Gasteiger partial charge in [-0.05, 0) is 32.0 Å². The quantitative estimate of drug-likeness (QED) is 0.845. The third-order valence-electron chi connectivity index (χ3n) is 1.85. The Kier molecular flexibility index (Phi) is 4.00. The fourth-order valence-electron chi connectivity index (χ4n) is 1.20. The Hall–Kier alpha value is -1.27. The first-order valence-electron chi connectivity index (χ1n) is 4.77. The van der Waals surface area contributed by atoms with Crippen molar-refractivity contribution in [2.75, 3.05) is 0 Å². The van der Waals surface area contributed by atoms with Crippen molar-refractivity contribution in [2.24, 2.45) is 5.73 Å². The molecule has 0 atom stereocenters. The molecular formula is C10H12ClNO4S. The van der Waals surface area contributed by atoms with Crippen LogP contribution in [-0.4, -0.2) is 20.4 Å². The standard InChI is InChI=1S/C10H12ClNO4S/c1-6(2)16-8-4-3-7(10(12)13)5-9(8)17(11,14)15/h3-6H,1-2H3,(H2,12,13). The minimum atomic E-state index is -4.00. The zero-order valence-corrected chi connectivity index (χ0v) is 10.9. The van der Waals surface area contributed by atoms with Gasteiger partial charge in [0.1, 0.15) is 10.6 Å². The van der Waals surface area contributed by atoms with E-state index in [1.54, 1.807) is 13.8 Å². The van der Waals surface area contributed by atoms with Crippen molar-refractivity contribution in [2.45, 2.75) is 24.8 Å². The SMILES string of the molecule is CC(C)Oc1ccc(C(N)=O)cc1S(=O)(=O)Cl. The van der Waals surface area contributed by atoms with Crippen LogP contribution in [0, 0.1) is 0 Å². The Morgan fingerprint density at radius 3 is 2.41 bits per heavy atom. The van der Waals surface area contributed by atoms with Crippen LogP contribution in [0.15, 0.2) is 23.1 Å². The van der Waals surface area contributed by atoms with Crippen LogP contribution in [0.3, 0.4) is 0 Å². The van der Waals surface area contributed by atoms with Crippen molar-refractivity contribution >= 4 is 25.6 Å². The van der Waals surface area contributed by atoms with Gasteiger partial charge in [0.25, 0.3) is 9.05 Å². The number of carbonyl (C=O) groups excluding carboxylic acids is 1. The average Bonchev–Trinajstić information content (AvgIpc) is 2.15. The topological polar surface area (TPSA) is 86.5 Å². The first-order valence-corrected chi connectivity index (χ1v) is 7.08. The highest BCUT2D eigenvalue weighted by Gasteiger charge is 2.19. The van der Waals surface area contributed by atoms with Crippen molar-refractivity contribution in [1.29, 1.82) is 0 Å². The highest BCUT2D eigenvalue weighted by Crippen LogP contribution is 2.28. The van der Waals surface area contributed by atoms with Crippen LogP contribution in [0.25, 0.3) is 0 Å². The molecule has 2 N–H and O–H groups in total. The summed E-state index contributed by atoms with van der Waals surface area (Å²) in [6.45, 7) is 3.49. The van der Waals surface area contributed by atoms with Crippen molar-refractivity contribution in [3.63, 3.8) is 0 Å². The van der Waals surface area contributed by atoms with Crippen LogP contribution in [0.2, 0.25) is 0 Å². The molecule has 0 spiro atoms. The normalized spacial score (nSPS) is 11.5. The lowest BCUT2D eigenvalue weighted by Crippen LogP contribution is -2.13. The molecule has 5 nitrogen and oxygen atoms in total. The second-order valence-electron chi connectivity index (χ2n) is 3.63. The summed E-state index contributed by atoms with van der Waals surface area (Å²) in [6.07, 6.45) is -0.216. The van der Waals surface area contributed by atoms with E-state index in [2.05, 4.69) is 0 Å². The van der Waals surface area contributed by atoms with Gasteiger partial charge in [-0.3, -0.25) is 4.79 Å². The van der Waals surface area contributed by atoms with Crippen LogP contribution in [0.5, 0.6) is 5.75 Å². The molecule has 0 bridgehead atoms. The number of halogens is 1. The van der Waals surface area contributed by atoms with E-state index in [0.29, 0.717) is 0 Å². The summed E-state index contributed by atoms with van der Waals surface area (Å²) in [5.74, 6) is -0.636. The lowest BCUT2D eigenvalue weighted by Gasteiger charge is -2.13. The summed E-state index contributed by atoms with van der Waals surface area (Å²) >= 11 is 0.